The van der Waals surface area contributed by atoms with Gasteiger partial charge in [-0.25, -0.2) is 4.98 Å². The zero-order valence-corrected chi connectivity index (χ0v) is 12.1. The predicted molar refractivity (Wildman–Crippen MR) is 78.1 cm³/mol. The molecular weight excluding hydrogens is 317 g/mol. The molecule has 0 radical (unpaired) electrons. The Morgan fingerprint density at radius 3 is 2.55 bits per heavy atom. The Hall–Kier alpha value is -2.21. The zero-order chi connectivity index (χ0) is 15.9. The average Bonchev–Trinajstić information content (AvgIpc) is 2.89. The van der Waals surface area contributed by atoms with Crippen LogP contribution in [0.25, 0.3) is 22.4 Å². The Morgan fingerprint density at radius 1 is 1.18 bits per heavy atom. The molecule has 2 aromatic carbocycles. The summed E-state index contributed by atoms with van der Waals surface area (Å²) in [7, 11) is 1.15. The number of benzene rings is 2. The molecule has 0 unspecified atom stereocenters. The first-order chi connectivity index (χ1) is 10.4. The number of hydrogen-bond acceptors (Lipinski definition) is 2. The van der Waals surface area contributed by atoms with Crippen molar-refractivity contribution in [3.8, 4) is 17.1 Å². The first-order valence-electron chi connectivity index (χ1n) is 6.30. The van der Waals surface area contributed by atoms with E-state index in [1.165, 1.54) is 6.07 Å². The molecule has 22 heavy (non-hydrogen) atoms. The van der Waals surface area contributed by atoms with Gasteiger partial charge in [0.1, 0.15) is 11.6 Å². The third-order valence-corrected chi connectivity index (χ3v) is 3.50. The van der Waals surface area contributed by atoms with Crippen molar-refractivity contribution in [2.24, 2.45) is 0 Å². The molecule has 7 heteroatoms. The van der Waals surface area contributed by atoms with Gasteiger partial charge in [0.15, 0.2) is 0 Å². The molecule has 0 fully saturated rings. The molecule has 3 rings (SSSR count). The van der Waals surface area contributed by atoms with Crippen LogP contribution in [-0.2, 0) is 6.18 Å². The summed E-state index contributed by atoms with van der Waals surface area (Å²) >= 11 is 5.92. The highest BCUT2D eigenvalue weighted by atomic mass is 35.5. The number of halogens is 4. The summed E-state index contributed by atoms with van der Waals surface area (Å²) in [5, 5.41) is -0.118. The van der Waals surface area contributed by atoms with Crippen molar-refractivity contribution in [2.45, 2.75) is 6.18 Å². The molecule has 0 aliphatic heterocycles. The molecule has 3 aromatic rings. The van der Waals surface area contributed by atoms with E-state index in [0.717, 1.165) is 18.7 Å². The molecule has 1 heterocycles. The third-order valence-electron chi connectivity index (χ3n) is 3.22. The first kappa shape index (κ1) is 14.7. The molecule has 3 nitrogen and oxygen atoms in total. The second-order valence-corrected chi connectivity index (χ2v) is 5.05. The van der Waals surface area contributed by atoms with E-state index in [1.54, 1.807) is 18.2 Å². The van der Waals surface area contributed by atoms with E-state index < -0.39 is 17.5 Å². The van der Waals surface area contributed by atoms with Crippen LogP contribution in [0.2, 0.25) is 5.02 Å². The number of rotatable bonds is 2. The fourth-order valence-corrected chi connectivity index (χ4v) is 2.53. The molecule has 1 N–H and O–H groups in total. The standard InChI is InChI=1S/C15H10ClF3N2O/c1-22-13-9(15(17,18)19)6-8(7-10(13)16)14-20-11-4-2-3-5-12(11)21-14/h2-7H,1H3,(H,20,21). The van der Waals surface area contributed by atoms with Gasteiger partial charge >= 0.3 is 6.18 Å². The van der Waals surface area contributed by atoms with Gasteiger partial charge in [0.25, 0.3) is 0 Å². The summed E-state index contributed by atoms with van der Waals surface area (Å²) in [6.07, 6.45) is -4.57. The lowest BCUT2D eigenvalue weighted by molar-refractivity contribution is -0.138. The lowest BCUT2D eigenvalue weighted by atomic mass is 10.1. The number of nitrogens with one attached hydrogen (secondary N) is 1. The van der Waals surface area contributed by atoms with E-state index in [2.05, 4.69) is 9.97 Å². The minimum Gasteiger partial charge on any atom is -0.495 e. The smallest absolute Gasteiger partial charge is 0.420 e. The van der Waals surface area contributed by atoms with Gasteiger partial charge in [-0.05, 0) is 24.3 Å². The van der Waals surface area contributed by atoms with Crippen LogP contribution < -0.4 is 4.74 Å². The lowest BCUT2D eigenvalue weighted by Gasteiger charge is -2.14. The number of H-pyrrole nitrogens is 1. The SMILES string of the molecule is COc1c(Cl)cc(-c2nc3ccccc3[nH]2)cc1C(F)(F)F. The minimum absolute atomic E-state index is 0.118. The van der Waals surface area contributed by atoms with Gasteiger partial charge in [0.05, 0.1) is 28.7 Å². The zero-order valence-electron chi connectivity index (χ0n) is 11.3. The van der Waals surface area contributed by atoms with Crippen molar-refractivity contribution in [1.82, 2.24) is 9.97 Å². The van der Waals surface area contributed by atoms with Crippen LogP contribution in [0.5, 0.6) is 5.75 Å². The van der Waals surface area contributed by atoms with Crippen LogP contribution in [0.3, 0.4) is 0 Å². The molecular formula is C15H10ClF3N2O. The normalized spacial score (nSPS) is 11.9. The second kappa shape index (κ2) is 5.21. The number of fused-ring (bicyclic) bond motifs is 1. The van der Waals surface area contributed by atoms with Crippen LogP contribution in [0.15, 0.2) is 36.4 Å². The summed E-state index contributed by atoms with van der Waals surface area (Å²) in [6, 6.07) is 9.55. The van der Waals surface area contributed by atoms with Crippen LogP contribution >= 0.6 is 11.6 Å². The van der Waals surface area contributed by atoms with E-state index in [4.69, 9.17) is 16.3 Å². The van der Waals surface area contributed by atoms with Crippen molar-refractivity contribution in [2.75, 3.05) is 7.11 Å². The Balaban J connectivity index is 2.21. The summed E-state index contributed by atoms with van der Waals surface area (Å²) in [4.78, 5) is 7.26. The van der Waals surface area contributed by atoms with Crippen LogP contribution in [0.4, 0.5) is 13.2 Å². The molecule has 0 aliphatic rings. The van der Waals surface area contributed by atoms with Crippen molar-refractivity contribution >= 4 is 22.6 Å². The Bertz CT molecular complexity index is 809. The number of methoxy groups -OCH3 is 1. The number of ether oxygens (including phenoxy) is 1. The summed E-state index contributed by atoms with van der Waals surface area (Å²) in [5.74, 6) is -0.0784. The van der Waals surface area contributed by atoms with E-state index in [-0.39, 0.29) is 10.6 Å². The van der Waals surface area contributed by atoms with Crippen molar-refractivity contribution in [3.63, 3.8) is 0 Å². The molecule has 0 bridgehead atoms. The van der Waals surface area contributed by atoms with E-state index in [9.17, 15) is 13.2 Å². The number of nitrogens with zero attached hydrogens (tertiary/aromatic N) is 1. The fraction of sp³-hybridized carbons (Fsp3) is 0.133. The quantitative estimate of drug-likeness (QED) is 0.726. The highest BCUT2D eigenvalue weighted by Crippen LogP contribution is 2.42. The van der Waals surface area contributed by atoms with Gasteiger partial charge in [-0.1, -0.05) is 23.7 Å². The van der Waals surface area contributed by atoms with Gasteiger partial charge in [-0.2, -0.15) is 13.2 Å². The Kier molecular flexibility index (Phi) is 3.48. The van der Waals surface area contributed by atoms with Gasteiger partial charge in [0, 0.05) is 5.56 Å². The second-order valence-electron chi connectivity index (χ2n) is 4.64. The number of hydrogen-bond donors (Lipinski definition) is 1. The topological polar surface area (TPSA) is 37.9 Å². The largest absolute Gasteiger partial charge is 0.495 e. The summed E-state index contributed by atoms with van der Waals surface area (Å²) in [6.45, 7) is 0. The van der Waals surface area contributed by atoms with Crippen molar-refractivity contribution < 1.29 is 17.9 Å². The highest BCUT2D eigenvalue weighted by Gasteiger charge is 2.36. The van der Waals surface area contributed by atoms with Crippen LogP contribution in [0, 0.1) is 0 Å². The van der Waals surface area contributed by atoms with Crippen molar-refractivity contribution in [3.05, 3.63) is 47.0 Å². The molecule has 0 amide bonds. The molecule has 0 saturated carbocycles. The molecule has 114 valence electrons. The van der Waals surface area contributed by atoms with Gasteiger partial charge in [0.2, 0.25) is 0 Å². The first-order valence-corrected chi connectivity index (χ1v) is 6.68. The summed E-state index contributed by atoms with van der Waals surface area (Å²) in [5.41, 5.74) is 0.711. The maximum Gasteiger partial charge on any atom is 0.420 e. The van der Waals surface area contributed by atoms with Crippen molar-refractivity contribution in [1.29, 1.82) is 0 Å². The monoisotopic (exact) mass is 326 g/mol. The maximum atomic E-state index is 13.1. The molecule has 0 atom stereocenters. The molecule has 0 spiro atoms. The fourth-order valence-electron chi connectivity index (χ4n) is 2.24. The number of aromatic amines is 1. The summed E-state index contributed by atoms with van der Waals surface area (Å²) < 4.78 is 44.2. The van der Waals surface area contributed by atoms with Crippen LogP contribution in [0.1, 0.15) is 5.56 Å². The predicted octanol–water partition coefficient (Wildman–Crippen LogP) is 4.91. The van der Waals surface area contributed by atoms with Gasteiger partial charge < -0.3 is 9.72 Å². The Labute approximate surface area is 128 Å². The number of imidazole rings is 1. The van der Waals surface area contributed by atoms with E-state index in [0.29, 0.717) is 11.3 Å². The van der Waals surface area contributed by atoms with Gasteiger partial charge in [-0.3, -0.25) is 0 Å². The minimum atomic E-state index is -4.57. The maximum absolute atomic E-state index is 13.1. The van der Waals surface area contributed by atoms with Gasteiger partial charge in [-0.15, -0.1) is 0 Å². The highest BCUT2D eigenvalue weighted by molar-refractivity contribution is 6.32. The number of alkyl halides is 3. The number of para-hydroxylation sites is 2. The number of aromatic nitrogens is 2. The Morgan fingerprint density at radius 2 is 1.91 bits per heavy atom. The van der Waals surface area contributed by atoms with Crippen LogP contribution in [-0.4, -0.2) is 17.1 Å². The molecule has 0 saturated heterocycles. The molecule has 1 aromatic heterocycles. The average molecular weight is 327 g/mol. The third kappa shape index (κ3) is 2.50. The van der Waals surface area contributed by atoms with E-state index >= 15 is 0 Å². The molecule has 0 aliphatic carbocycles. The lowest BCUT2D eigenvalue weighted by Crippen LogP contribution is -2.08. The van der Waals surface area contributed by atoms with E-state index in [1.807, 2.05) is 6.07 Å².